The molecule has 5 nitrogen and oxygen atoms in total. The highest BCUT2D eigenvalue weighted by Gasteiger charge is 2.03. The summed E-state index contributed by atoms with van der Waals surface area (Å²) in [6.07, 6.45) is 0.134. The first kappa shape index (κ1) is 11.7. The predicted octanol–water partition coefficient (Wildman–Crippen LogP) is 1.86. The number of benzene rings is 1. The molecule has 0 bridgehead atoms. The molecule has 0 radical (unpaired) electrons. The summed E-state index contributed by atoms with van der Waals surface area (Å²) in [6, 6.07) is 7.66. The number of aromatic nitrogens is 3. The van der Waals surface area contributed by atoms with E-state index in [9.17, 15) is 0 Å². The van der Waals surface area contributed by atoms with Crippen LogP contribution in [0.15, 0.2) is 24.3 Å². The van der Waals surface area contributed by atoms with Gasteiger partial charge in [-0.3, -0.25) is 0 Å². The SMILES string of the molecule is CCOC(C)CNc1nnc2ccccc2n1. The van der Waals surface area contributed by atoms with Gasteiger partial charge in [0, 0.05) is 13.2 Å². The van der Waals surface area contributed by atoms with Gasteiger partial charge in [-0.15, -0.1) is 10.2 Å². The number of ether oxygens (including phenoxy) is 1. The van der Waals surface area contributed by atoms with Crippen molar-refractivity contribution in [1.82, 2.24) is 15.2 Å². The Labute approximate surface area is 100 Å². The minimum absolute atomic E-state index is 0.134. The van der Waals surface area contributed by atoms with Crippen molar-refractivity contribution in [3.8, 4) is 0 Å². The summed E-state index contributed by atoms with van der Waals surface area (Å²) in [5.74, 6) is 0.537. The predicted molar refractivity (Wildman–Crippen MR) is 66.9 cm³/mol. The number of nitrogens with zero attached hydrogens (tertiary/aromatic N) is 3. The monoisotopic (exact) mass is 232 g/mol. The zero-order valence-corrected chi connectivity index (χ0v) is 10.1. The van der Waals surface area contributed by atoms with Gasteiger partial charge in [0.1, 0.15) is 5.52 Å². The number of hydrogen-bond donors (Lipinski definition) is 1. The zero-order chi connectivity index (χ0) is 12.1. The van der Waals surface area contributed by atoms with Crippen molar-refractivity contribution in [3.05, 3.63) is 24.3 Å². The maximum absolute atomic E-state index is 5.41. The highest BCUT2D eigenvalue weighted by atomic mass is 16.5. The summed E-state index contributed by atoms with van der Waals surface area (Å²) in [6.45, 7) is 5.36. The quantitative estimate of drug-likeness (QED) is 0.852. The van der Waals surface area contributed by atoms with Gasteiger partial charge in [-0.25, -0.2) is 4.98 Å². The molecule has 0 aliphatic carbocycles. The van der Waals surface area contributed by atoms with Crippen molar-refractivity contribution >= 4 is 17.0 Å². The molecule has 1 N–H and O–H groups in total. The third-order valence-electron chi connectivity index (χ3n) is 2.36. The van der Waals surface area contributed by atoms with Crippen LogP contribution in [-0.2, 0) is 4.74 Å². The van der Waals surface area contributed by atoms with Crippen molar-refractivity contribution in [3.63, 3.8) is 0 Å². The largest absolute Gasteiger partial charge is 0.377 e. The third-order valence-corrected chi connectivity index (χ3v) is 2.36. The van der Waals surface area contributed by atoms with Crippen molar-refractivity contribution in [2.45, 2.75) is 20.0 Å². The Kier molecular flexibility index (Phi) is 3.82. The second-order valence-electron chi connectivity index (χ2n) is 3.77. The smallest absolute Gasteiger partial charge is 0.243 e. The van der Waals surface area contributed by atoms with Crippen LogP contribution in [0.25, 0.3) is 11.0 Å². The standard InChI is InChI=1S/C12H16N4O/c1-3-17-9(2)8-13-12-14-10-6-4-5-7-11(10)15-16-12/h4-7,9H,3,8H2,1-2H3,(H,13,14,16). The number of nitrogens with one attached hydrogen (secondary N) is 1. The molecule has 17 heavy (non-hydrogen) atoms. The Bertz CT molecular complexity index is 489. The summed E-state index contributed by atoms with van der Waals surface area (Å²) >= 11 is 0. The lowest BCUT2D eigenvalue weighted by Gasteiger charge is -2.12. The molecule has 0 fully saturated rings. The van der Waals surface area contributed by atoms with E-state index in [0.717, 1.165) is 11.0 Å². The fourth-order valence-electron chi connectivity index (χ4n) is 1.53. The van der Waals surface area contributed by atoms with Crippen molar-refractivity contribution in [1.29, 1.82) is 0 Å². The van der Waals surface area contributed by atoms with Gasteiger partial charge in [0.05, 0.1) is 11.6 Å². The molecule has 1 unspecified atom stereocenters. The summed E-state index contributed by atoms with van der Waals surface area (Å²) in [5.41, 5.74) is 1.64. The van der Waals surface area contributed by atoms with Crippen LogP contribution in [0.5, 0.6) is 0 Å². The summed E-state index contributed by atoms with van der Waals surface area (Å²) < 4.78 is 5.41. The van der Waals surface area contributed by atoms with Crippen molar-refractivity contribution in [2.24, 2.45) is 0 Å². The molecule has 2 rings (SSSR count). The first-order valence-electron chi connectivity index (χ1n) is 5.74. The van der Waals surface area contributed by atoms with Crippen LogP contribution in [-0.4, -0.2) is 34.4 Å². The van der Waals surface area contributed by atoms with E-state index in [-0.39, 0.29) is 6.10 Å². The molecule has 1 aromatic heterocycles. The average molecular weight is 232 g/mol. The van der Waals surface area contributed by atoms with E-state index >= 15 is 0 Å². The van der Waals surface area contributed by atoms with Gasteiger partial charge in [0.25, 0.3) is 0 Å². The topological polar surface area (TPSA) is 59.9 Å². The molecule has 0 saturated carbocycles. The number of fused-ring (bicyclic) bond motifs is 1. The Balaban J connectivity index is 2.04. The van der Waals surface area contributed by atoms with E-state index in [2.05, 4.69) is 20.5 Å². The third kappa shape index (κ3) is 3.10. The van der Waals surface area contributed by atoms with Crippen molar-refractivity contribution < 1.29 is 4.74 Å². The summed E-state index contributed by atoms with van der Waals surface area (Å²) in [5, 5.41) is 11.2. The van der Waals surface area contributed by atoms with Crippen LogP contribution in [0.2, 0.25) is 0 Å². The van der Waals surface area contributed by atoms with Crippen LogP contribution in [0.3, 0.4) is 0 Å². The van der Waals surface area contributed by atoms with Gasteiger partial charge in [-0.05, 0) is 26.0 Å². The van der Waals surface area contributed by atoms with Gasteiger partial charge < -0.3 is 10.1 Å². The normalized spacial score (nSPS) is 12.6. The second kappa shape index (κ2) is 5.54. The molecule has 0 spiro atoms. The highest BCUT2D eigenvalue weighted by molar-refractivity contribution is 5.73. The fraction of sp³-hybridized carbons (Fsp3) is 0.417. The minimum atomic E-state index is 0.134. The van der Waals surface area contributed by atoms with Gasteiger partial charge >= 0.3 is 0 Å². The van der Waals surface area contributed by atoms with E-state index in [0.29, 0.717) is 19.1 Å². The fourth-order valence-corrected chi connectivity index (χ4v) is 1.53. The minimum Gasteiger partial charge on any atom is -0.377 e. The average Bonchev–Trinajstić information content (AvgIpc) is 2.36. The first-order valence-corrected chi connectivity index (χ1v) is 5.74. The van der Waals surface area contributed by atoms with Crippen LogP contribution < -0.4 is 5.32 Å². The molecule has 0 aliphatic rings. The van der Waals surface area contributed by atoms with E-state index in [4.69, 9.17) is 4.74 Å². The second-order valence-corrected chi connectivity index (χ2v) is 3.77. The molecular weight excluding hydrogens is 216 g/mol. The first-order chi connectivity index (χ1) is 8.29. The molecule has 90 valence electrons. The molecule has 0 amide bonds. The molecule has 0 saturated heterocycles. The van der Waals surface area contributed by atoms with Crippen LogP contribution in [0, 0.1) is 0 Å². The van der Waals surface area contributed by atoms with Crippen molar-refractivity contribution in [2.75, 3.05) is 18.5 Å². The Morgan fingerprint density at radius 1 is 1.24 bits per heavy atom. The van der Waals surface area contributed by atoms with Crippen LogP contribution in [0.1, 0.15) is 13.8 Å². The number of anilines is 1. The summed E-state index contributed by atoms with van der Waals surface area (Å²) in [4.78, 5) is 4.37. The number of rotatable bonds is 5. The summed E-state index contributed by atoms with van der Waals surface area (Å²) in [7, 11) is 0. The van der Waals surface area contributed by atoms with Gasteiger partial charge in [-0.1, -0.05) is 12.1 Å². The van der Waals surface area contributed by atoms with E-state index in [1.54, 1.807) is 0 Å². The maximum atomic E-state index is 5.41. The highest BCUT2D eigenvalue weighted by Crippen LogP contribution is 2.08. The van der Waals surface area contributed by atoms with E-state index in [1.165, 1.54) is 0 Å². The molecule has 1 atom stereocenters. The van der Waals surface area contributed by atoms with Crippen LogP contribution in [0.4, 0.5) is 5.95 Å². The van der Waals surface area contributed by atoms with E-state index in [1.807, 2.05) is 38.1 Å². The zero-order valence-electron chi connectivity index (χ0n) is 10.1. The molecule has 1 heterocycles. The Hall–Kier alpha value is -1.75. The molecule has 5 heteroatoms. The lowest BCUT2D eigenvalue weighted by atomic mass is 10.3. The van der Waals surface area contributed by atoms with Gasteiger partial charge in [-0.2, -0.15) is 0 Å². The number of para-hydroxylation sites is 1. The molecule has 1 aromatic carbocycles. The van der Waals surface area contributed by atoms with Gasteiger partial charge in [0.2, 0.25) is 5.95 Å². The molecular formula is C12H16N4O. The van der Waals surface area contributed by atoms with E-state index < -0.39 is 0 Å². The maximum Gasteiger partial charge on any atom is 0.243 e. The number of hydrogen-bond acceptors (Lipinski definition) is 5. The lowest BCUT2D eigenvalue weighted by molar-refractivity contribution is 0.0854. The van der Waals surface area contributed by atoms with Crippen LogP contribution >= 0.6 is 0 Å². The van der Waals surface area contributed by atoms with Gasteiger partial charge in [0.15, 0.2) is 0 Å². The Morgan fingerprint density at radius 3 is 2.76 bits per heavy atom. The molecule has 0 aliphatic heterocycles. The Morgan fingerprint density at radius 2 is 2.00 bits per heavy atom. The molecule has 2 aromatic rings. The lowest BCUT2D eigenvalue weighted by Crippen LogP contribution is -2.21.